The fraction of sp³-hybridized carbons (Fsp3) is 0.345. The number of hydrogen-bond donors (Lipinski definition) is 1. The molecule has 0 fully saturated rings. The van der Waals surface area contributed by atoms with Crippen LogP contribution in [-0.2, 0) is 22.4 Å². The first kappa shape index (κ1) is 26.4. The molecule has 0 spiro atoms. The Balaban J connectivity index is 1.72. The van der Waals surface area contributed by atoms with Crippen molar-refractivity contribution in [1.29, 1.82) is 0 Å². The van der Waals surface area contributed by atoms with Crippen molar-refractivity contribution >= 4 is 17.4 Å². The summed E-state index contributed by atoms with van der Waals surface area (Å²) in [6.45, 7) is 5.99. The van der Waals surface area contributed by atoms with Crippen LogP contribution >= 0.6 is 0 Å². The molecule has 39 heavy (non-hydrogen) atoms. The Bertz CT molecular complexity index is 1640. The molecule has 3 heterocycles. The molecule has 0 radical (unpaired) electrons. The summed E-state index contributed by atoms with van der Waals surface area (Å²) in [4.78, 5) is 30.5. The highest BCUT2D eigenvalue weighted by molar-refractivity contribution is 6.16. The van der Waals surface area contributed by atoms with Crippen LogP contribution in [-0.4, -0.2) is 44.5 Å². The normalized spacial score (nSPS) is 14.1. The molecule has 10 heteroatoms. The molecule has 1 aliphatic rings. The van der Waals surface area contributed by atoms with Gasteiger partial charge in [0.05, 0.1) is 30.5 Å². The number of benzene rings is 2. The van der Waals surface area contributed by atoms with Gasteiger partial charge < -0.3 is 4.74 Å². The molecule has 1 amide bonds. The minimum atomic E-state index is -0.500. The number of rotatable bonds is 9. The van der Waals surface area contributed by atoms with Crippen molar-refractivity contribution in [3.8, 4) is 11.1 Å². The molecule has 0 aliphatic carbocycles. The monoisotopic (exact) mass is 530 g/mol. The molecule has 1 atom stereocenters. The lowest BCUT2D eigenvalue weighted by Crippen LogP contribution is -2.33. The van der Waals surface area contributed by atoms with Crippen LogP contribution in [0.25, 0.3) is 16.9 Å². The molecule has 4 aromatic rings. The second-order valence-electron chi connectivity index (χ2n) is 9.80. The summed E-state index contributed by atoms with van der Waals surface area (Å²) in [5, 5.41) is 8.71. The average molecular weight is 531 g/mol. The number of nitrogens with one attached hydrogen (secondary N) is 1. The Kier molecular flexibility index (Phi) is 7.38. The third-order valence-electron chi connectivity index (χ3n) is 6.93. The van der Waals surface area contributed by atoms with E-state index < -0.39 is 5.82 Å². The zero-order valence-electron chi connectivity index (χ0n) is 22.5. The number of aromatic nitrogens is 4. The molecular formula is C29H31FN6O3. The highest BCUT2D eigenvalue weighted by Crippen LogP contribution is 2.31. The fourth-order valence-corrected chi connectivity index (χ4v) is 5.20. The van der Waals surface area contributed by atoms with Gasteiger partial charge in [0, 0.05) is 24.7 Å². The summed E-state index contributed by atoms with van der Waals surface area (Å²) >= 11 is 0. The number of methoxy groups -OCH3 is 1. The van der Waals surface area contributed by atoms with E-state index in [9.17, 15) is 9.59 Å². The zero-order valence-corrected chi connectivity index (χ0v) is 22.5. The molecule has 2 aromatic carbocycles. The van der Waals surface area contributed by atoms with E-state index in [1.807, 2.05) is 50.2 Å². The van der Waals surface area contributed by atoms with Gasteiger partial charge in [0.2, 0.25) is 11.7 Å². The standard InChI is InChI=1S/C29H31FN6O3/c1-5-9-24-22(28(38)35(17(2)16-39-4)29-31-18(3)34-36(24)29)14-20-12-13-21(19-10-7-6-8-11-19)26(27(20)30)23-15-25(37)33-32-23/h6-8,10-13,17H,5,9,14-16H2,1-4H3,(H,33,37). The molecule has 2 aromatic heterocycles. The van der Waals surface area contributed by atoms with Crippen LogP contribution in [0.2, 0.25) is 0 Å². The maximum Gasteiger partial charge on any atom is 0.259 e. The number of ether oxygens (including phenoxy) is 1. The van der Waals surface area contributed by atoms with Gasteiger partial charge in [-0.3, -0.25) is 14.2 Å². The third-order valence-corrected chi connectivity index (χ3v) is 6.93. The van der Waals surface area contributed by atoms with Gasteiger partial charge in [-0.15, -0.1) is 0 Å². The molecule has 1 aliphatic heterocycles. The maximum atomic E-state index is 16.4. The van der Waals surface area contributed by atoms with E-state index in [4.69, 9.17) is 4.74 Å². The number of hydrogen-bond acceptors (Lipinski definition) is 6. The Labute approximate surface area is 225 Å². The van der Waals surface area contributed by atoms with Crippen molar-refractivity contribution in [1.82, 2.24) is 24.6 Å². The Morgan fingerprint density at radius 2 is 1.92 bits per heavy atom. The topological polar surface area (TPSA) is 103 Å². The van der Waals surface area contributed by atoms with E-state index in [0.29, 0.717) is 52.7 Å². The maximum absolute atomic E-state index is 16.4. The molecule has 1 N–H and O–H groups in total. The van der Waals surface area contributed by atoms with E-state index in [-0.39, 0.29) is 35.9 Å². The van der Waals surface area contributed by atoms with Crippen LogP contribution in [0, 0.1) is 12.7 Å². The Morgan fingerprint density at radius 3 is 2.59 bits per heavy atom. The van der Waals surface area contributed by atoms with Crippen LogP contribution in [0.4, 0.5) is 4.39 Å². The van der Waals surface area contributed by atoms with Gasteiger partial charge >= 0.3 is 0 Å². The van der Waals surface area contributed by atoms with Crippen LogP contribution in [0.5, 0.6) is 0 Å². The Hall–Kier alpha value is -4.18. The van der Waals surface area contributed by atoms with E-state index in [1.165, 1.54) is 0 Å². The first-order chi connectivity index (χ1) is 18.8. The van der Waals surface area contributed by atoms with Crippen molar-refractivity contribution < 1.29 is 13.9 Å². The highest BCUT2D eigenvalue weighted by atomic mass is 19.1. The van der Waals surface area contributed by atoms with Crippen molar-refractivity contribution in [2.24, 2.45) is 5.10 Å². The van der Waals surface area contributed by atoms with Crippen molar-refractivity contribution in [2.75, 3.05) is 13.7 Å². The van der Waals surface area contributed by atoms with E-state index >= 15 is 4.39 Å². The van der Waals surface area contributed by atoms with Gasteiger partial charge in [0.25, 0.3) is 5.56 Å². The molecule has 5 rings (SSSR count). The number of amides is 1. The molecular weight excluding hydrogens is 499 g/mol. The highest BCUT2D eigenvalue weighted by Gasteiger charge is 2.27. The lowest BCUT2D eigenvalue weighted by molar-refractivity contribution is -0.119. The van der Waals surface area contributed by atoms with Crippen molar-refractivity contribution in [3.63, 3.8) is 0 Å². The van der Waals surface area contributed by atoms with Gasteiger partial charge in [0.15, 0.2) is 0 Å². The second-order valence-corrected chi connectivity index (χ2v) is 9.80. The molecule has 0 saturated heterocycles. The van der Waals surface area contributed by atoms with E-state index in [2.05, 4.69) is 20.6 Å². The Morgan fingerprint density at radius 1 is 1.15 bits per heavy atom. The summed E-state index contributed by atoms with van der Waals surface area (Å²) < 4.78 is 25.1. The number of fused-ring (bicyclic) bond motifs is 1. The molecule has 0 bridgehead atoms. The molecule has 9 nitrogen and oxygen atoms in total. The largest absolute Gasteiger partial charge is 0.383 e. The number of nitrogens with zero attached hydrogens (tertiary/aromatic N) is 5. The first-order valence-electron chi connectivity index (χ1n) is 13.0. The van der Waals surface area contributed by atoms with E-state index in [0.717, 1.165) is 12.0 Å². The number of carbonyl (C=O) groups excluding carboxylic acids is 1. The number of hydrazone groups is 1. The van der Waals surface area contributed by atoms with Gasteiger partial charge in [-0.25, -0.2) is 14.3 Å². The minimum Gasteiger partial charge on any atom is -0.383 e. The number of carbonyl (C=O) groups is 1. The zero-order chi connectivity index (χ0) is 27.7. The molecule has 0 saturated carbocycles. The van der Waals surface area contributed by atoms with Crippen LogP contribution in [0.1, 0.15) is 60.9 Å². The van der Waals surface area contributed by atoms with E-state index in [1.54, 1.807) is 29.2 Å². The predicted octanol–water partition coefficient (Wildman–Crippen LogP) is 3.98. The smallest absolute Gasteiger partial charge is 0.259 e. The average Bonchev–Trinajstić information content (AvgIpc) is 3.52. The number of halogens is 1. The molecule has 202 valence electrons. The third kappa shape index (κ3) is 4.87. The second kappa shape index (κ2) is 10.9. The van der Waals surface area contributed by atoms with Crippen molar-refractivity contribution in [3.05, 3.63) is 86.8 Å². The van der Waals surface area contributed by atoms with Crippen molar-refractivity contribution in [2.45, 2.75) is 52.5 Å². The SMILES string of the molecule is CCCc1c(Cc2ccc(-c3ccccc3)c(C3=NNC(=O)C3)c2F)c(=O)n(C(C)COC)c2nc(C)nn12. The predicted molar refractivity (Wildman–Crippen MR) is 147 cm³/mol. The van der Waals surface area contributed by atoms with Gasteiger partial charge in [-0.2, -0.15) is 15.2 Å². The van der Waals surface area contributed by atoms with Crippen LogP contribution < -0.4 is 11.0 Å². The lowest BCUT2D eigenvalue weighted by atomic mass is 9.90. The van der Waals surface area contributed by atoms with Gasteiger partial charge in [-0.05, 0) is 37.0 Å². The summed E-state index contributed by atoms with van der Waals surface area (Å²) in [6.07, 6.45) is 1.37. The minimum absolute atomic E-state index is 0.0210. The lowest BCUT2D eigenvalue weighted by Gasteiger charge is -2.20. The van der Waals surface area contributed by atoms with Gasteiger partial charge in [0.1, 0.15) is 11.6 Å². The summed E-state index contributed by atoms with van der Waals surface area (Å²) in [7, 11) is 1.58. The van der Waals surface area contributed by atoms with Crippen LogP contribution in [0.3, 0.4) is 0 Å². The first-order valence-corrected chi connectivity index (χ1v) is 13.0. The fourth-order valence-electron chi connectivity index (χ4n) is 5.20. The summed E-state index contributed by atoms with van der Waals surface area (Å²) in [6, 6.07) is 12.6. The summed E-state index contributed by atoms with van der Waals surface area (Å²) in [5.74, 6) is 0.194. The van der Waals surface area contributed by atoms with Gasteiger partial charge in [-0.1, -0.05) is 55.8 Å². The van der Waals surface area contributed by atoms with Crippen LogP contribution in [0.15, 0.2) is 52.4 Å². The summed E-state index contributed by atoms with van der Waals surface area (Å²) in [5.41, 5.74) is 5.73. The quantitative estimate of drug-likeness (QED) is 0.353. The number of aryl methyl sites for hydroxylation is 2. The molecule has 1 unspecified atom stereocenters.